The Hall–Kier alpha value is -0.330. The number of methoxy groups -OCH3 is 1. The van der Waals surface area contributed by atoms with Gasteiger partial charge in [0.2, 0.25) is 5.91 Å². The van der Waals surface area contributed by atoms with Crippen LogP contribution in [0.1, 0.15) is 12.8 Å². The average molecular weight is 284 g/mol. The molecule has 0 spiro atoms. The van der Waals surface area contributed by atoms with Crippen LogP contribution in [0.15, 0.2) is 0 Å². The molecule has 1 aliphatic heterocycles. The van der Waals surface area contributed by atoms with E-state index in [1.165, 1.54) is 0 Å². The Kier molecular flexibility index (Phi) is 5.69. The van der Waals surface area contributed by atoms with E-state index in [0.29, 0.717) is 25.3 Å². The minimum atomic E-state index is -3.02. The first-order chi connectivity index (χ1) is 7.98. The Balaban J connectivity index is 2.47. The lowest BCUT2D eigenvalue weighted by atomic mass is 10.1. The van der Waals surface area contributed by atoms with Crippen molar-refractivity contribution < 1.29 is 17.9 Å². The largest absolute Gasteiger partial charge is 0.383 e. The van der Waals surface area contributed by atoms with Gasteiger partial charge in [-0.05, 0) is 12.8 Å². The molecule has 0 aromatic carbocycles. The summed E-state index contributed by atoms with van der Waals surface area (Å²) in [6.07, 6.45) is 1.02. The van der Waals surface area contributed by atoms with Crippen LogP contribution < -0.4 is 5.32 Å². The average Bonchev–Trinajstić information content (AvgIpc) is 2.59. The van der Waals surface area contributed by atoms with Crippen molar-refractivity contribution in [2.45, 2.75) is 18.9 Å². The van der Waals surface area contributed by atoms with Gasteiger partial charge in [-0.3, -0.25) is 4.79 Å². The van der Waals surface area contributed by atoms with Crippen LogP contribution in [0.2, 0.25) is 0 Å². The molecule has 100 valence electrons. The predicted octanol–water partition coefficient (Wildman–Crippen LogP) is 0.181. The molecule has 7 heteroatoms. The first-order valence-corrected chi connectivity index (χ1v) is 7.90. The van der Waals surface area contributed by atoms with Gasteiger partial charge in [0.25, 0.3) is 0 Å². The molecule has 0 saturated carbocycles. The van der Waals surface area contributed by atoms with Gasteiger partial charge < -0.3 is 10.1 Å². The van der Waals surface area contributed by atoms with Gasteiger partial charge in [-0.1, -0.05) is 0 Å². The summed E-state index contributed by atoms with van der Waals surface area (Å²) in [7, 11) is -1.47. The highest BCUT2D eigenvalue weighted by Crippen LogP contribution is 2.18. The third-order valence-corrected chi connectivity index (χ3v) is 4.76. The SMILES string of the molecule is COCC(CCCl)NC(=O)C1CCS(=O)(=O)C1. The minimum Gasteiger partial charge on any atom is -0.383 e. The number of hydrogen-bond donors (Lipinski definition) is 1. The summed E-state index contributed by atoms with van der Waals surface area (Å²) in [5, 5.41) is 2.79. The second-order valence-corrected chi connectivity index (χ2v) is 6.85. The van der Waals surface area contributed by atoms with Crippen molar-refractivity contribution in [3.05, 3.63) is 0 Å². The van der Waals surface area contributed by atoms with Crippen molar-refractivity contribution in [2.75, 3.05) is 31.1 Å². The van der Waals surface area contributed by atoms with Crippen LogP contribution in [0, 0.1) is 5.92 Å². The maximum absolute atomic E-state index is 11.8. The highest BCUT2D eigenvalue weighted by atomic mass is 35.5. The molecule has 5 nitrogen and oxygen atoms in total. The maximum atomic E-state index is 11.8. The second-order valence-electron chi connectivity index (χ2n) is 4.24. The topological polar surface area (TPSA) is 72.5 Å². The van der Waals surface area contributed by atoms with E-state index >= 15 is 0 Å². The normalized spacial score (nSPS) is 24.5. The Morgan fingerprint density at radius 1 is 1.59 bits per heavy atom. The molecule has 17 heavy (non-hydrogen) atoms. The van der Waals surface area contributed by atoms with Gasteiger partial charge in [-0.25, -0.2) is 8.42 Å². The molecular formula is C10H18ClNO4S. The molecule has 1 aliphatic rings. The summed E-state index contributed by atoms with van der Waals surface area (Å²) in [6.45, 7) is 0.387. The summed E-state index contributed by atoms with van der Waals surface area (Å²) in [5.74, 6) is -0.139. The van der Waals surface area contributed by atoms with E-state index in [1.54, 1.807) is 7.11 Å². The van der Waals surface area contributed by atoms with Crippen molar-refractivity contribution in [1.82, 2.24) is 5.32 Å². The fourth-order valence-corrected chi connectivity index (χ4v) is 3.86. The number of alkyl halides is 1. The third kappa shape index (κ3) is 4.81. The molecule has 0 aromatic heterocycles. The van der Waals surface area contributed by atoms with E-state index in [4.69, 9.17) is 16.3 Å². The number of carbonyl (C=O) groups is 1. The number of nitrogens with one attached hydrogen (secondary N) is 1. The van der Waals surface area contributed by atoms with Crippen LogP contribution in [0.5, 0.6) is 0 Å². The number of sulfone groups is 1. The lowest BCUT2D eigenvalue weighted by Crippen LogP contribution is -2.42. The molecule has 0 radical (unpaired) electrons. The lowest BCUT2D eigenvalue weighted by Gasteiger charge is -2.18. The quantitative estimate of drug-likeness (QED) is 0.706. The Bertz CT molecular complexity index is 351. The summed E-state index contributed by atoms with van der Waals surface area (Å²) < 4.78 is 27.5. The second kappa shape index (κ2) is 6.56. The number of rotatable bonds is 6. The number of ether oxygens (including phenoxy) is 1. The molecule has 2 atom stereocenters. The van der Waals surface area contributed by atoms with Crippen molar-refractivity contribution >= 4 is 27.3 Å². The van der Waals surface area contributed by atoms with Crippen molar-refractivity contribution in [1.29, 1.82) is 0 Å². The molecule has 1 amide bonds. The maximum Gasteiger partial charge on any atom is 0.224 e. The molecule has 2 unspecified atom stereocenters. The van der Waals surface area contributed by atoms with Crippen LogP contribution in [0.3, 0.4) is 0 Å². The van der Waals surface area contributed by atoms with Crippen molar-refractivity contribution in [3.8, 4) is 0 Å². The Morgan fingerprint density at radius 3 is 2.76 bits per heavy atom. The van der Waals surface area contributed by atoms with Gasteiger partial charge >= 0.3 is 0 Å². The summed E-state index contributed by atoms with van der Waals surface area (Å²) in [4.78, 5) is 11.8. The van der Waals surface area contributed by atoms with Gasteiger partial charge in [0.15, 0.2) is 9.84 Å². The third-order valence-electron chi connectivity index (χ3n) is 2.78. The molecule has 0 aliphatic carbocycles. The van der Waals surface area contributed by atoms with Crippen LogP contribution in [-0.2, 0) is 19.4 Å². The number of amides is 1. The molecule has 1 rings (SSSR count). The van der Waals surface area contributed by atoms with Gasteiger partial charge in [-0.2, -0.15) is 0 Å². The van der Waals surface area contributed by atoms with E-state index in [0.717, 1.165) is 0 Å². The molecule has 1 N–H and O–H groups in total. The van der Waals surface area contributed by atoms with Crippen LogP contribution in [0.4, 0.5) is 0 Å². The number of hydrogen-bond acceptors (Lipinski definition) is 4. The number of halogens is 1. The zero-order chi connectivity index (χ0) is 12.9. The highest BCUT2D eigenvalue weighted by molar-refractivity contribution is 7.91. The lowest BCUT2D eigenvalue weighted by molar-refractivity contribution is -0.125. The first-order valence-electron chi connectivity index (χ1n) is 5.54. The zero-order valence-corrected chi connectivity index (χ0v) is 11.4. The summed E-state index contributed by atoms with van der Waals surface area (Å²) >= 11 is 5.62. The standard InChI is InChI=1S/C10H18ClNO4S/c1-16-6-9(2-4-11)12-10(13)8-3-5-17(14,15)7-8/h8-9H,2-7H2,1H3,(H,12,13). The van der Waals surface area contributed by atoms with E-state index in [1.807, 2.05) is 0 Å². The van der Waals surface area contributed by atoms with Gasteiger partial charge in [0, 0.05) is 13.0 Å². The number of carbonyl (C=O) groups excluding carboxylic acids is 1. The molecule has 0 bridgehead atoms. The van der Waals surface area contributed by atoms with E-state index < -0.39 is 15.8 Å². The molecule has 0 aromatic rings. The molecule has 1 fully saturated rings. The van der Waals surface area contributed by atoms with E-state index in [2.05, 4.69) is 5.32 Å². The van der Waals surface area contributed by atoms with Gasteiger partial charge in [0.05, 0.1) is 30.1 Å². The predicted molar refractivity (Wildman–Crippen MR) is 65.9 cm³/mol. The summed E-state index contributed by atoms with van der Waals surface area (Å²) in [5.41, 5.74) is 0. The van der Waals surface area contributed by atoms with E-state index in [9.17, 15) is 13.2 Å². The smallest absolute Gasteiger partial charge is 0.224 e. The van der Waals surface area contributed by atoms with Crippen LogP contribution >= 0.6 is 11.6 Å². The fraction of sp³-hybridized carbons (Fsp3) is 0.900. The monoisotopic (exact) mass is 283 g/mol. The Morgan fingerprint density at radius 2 is 2.29 bits per heavy atom. The van der Waals surface area contributed by atoms with Crippen LogP contribution in [-0.4, -0.2) is 51.5 Å². The first kappa shape index (κ1) is 14.7. The molecular weight excluding hydrogens is 266 g/mol. The minimum absolute atomic E-state index is 0.0423. The molecule has 1 saturated heterocycles. The van der Waals surface area contributed by atoms with Gasteiger partial charge in [-0.15, -0.1) is 11.6 Å². The van der Waals surface area contributed by atoms with E-state index in [-0.39, 0.29) is 23.5 Å². The zero-order valence-electron chi connectivity index (χ0n) is 9.82. The Labute approximate surface area is 107 Å². The molecule has 1 heterocycles. The fourth-order valence-electron chi connectivity index (χ4n) is 1.85. The van der Waals surface area contributed by atoms with Gasteiger partial charge in [0.1, 0.15) is 0 Å². The highest BCUT2D eigenvalue weighted by Gasteiger charge is 2.33. The van der Waals surface area contributed by atoms with Crippen molar-refractivity contribution in [2.24, 2.45) is 5.92 Å². The summed E-state index contributed by atoms with van der Waals surface area (Å²) in [6, 6.07) is -0.145. The van der Waals surface area contributed by atoms with Crippen LogP contribution in [0.25, 0.3) is 0 Å². The van der Waals surface area contributed by atoms with Crippen molar-refractivity contribution in [3.63, 3.8) is 0 Å².